The Balaban J connectivity index is 1.08. The molecular weight excluding hydrogens is 621 g/mol. The summed E-state index contributed by atoms with van der Waals surface area (Å²) in [6.07, 6.45) is 31.4. The molecular formula is C47H42N4. The molecule has 0 bridgehead atoms. The lowest BCUT2D eigenvalue weighted by Gasteiger charge is -2.30. The summed E-state index contributed by atoms with van der Waals surface area (Å²) in [5, 5.41) is 6.55. The fourth-order valence-electron chi connectivity index (χ4n) is 9.24. The number of fused-ring (bicyclic) bond motifs is 9. The van der Waals surface area contributed by atoms with E-state index in [9.17, 15) is 0 Å². The number of rotatable bonds is 5. The molecule has 0 amide bonds. The molecule has 4 aliphatic carbocycles. The van der Waals surface area contributed by atoms with E-state index < -0.39 is 0 Å². The van der Waals surface area contributed by atoms with E-state index in [0.717, 1.165) is 25.2 Å². The lowest BCUT2D eigenvalue weighted by Crippen LogP contribution is -2.39. The van der Waals surface area contributed by atoms with Crippen LogP contribution in [0.4, 0.5) is 0 Å². The van der Waals surface area contributed by atoms with Gasteiger partial charge in [-0.25, -0.2) is 4.99 Å². The molecule has 5 aromatic rings. The first kappa shape index (κ1) is 30.2. The van der Waals surface area contributed by atoms with Gasteiger partial charge in [0.15, 0.2) is 0 Å². The van der Waals surface area contributed by atoms with Crippen molar-refractivity contribution in [3.05, 3.63) is 173 Å². The van der Waals surface area contributed by atoms with Crippen LogP contribution >= 0.6 is 0 Å². The van der Waals surface area contributed by atoms with Crippen LogP contribution < -0.4 is 5.32 Å². The molecule has 2 unspecified atom stereocenters. The SMILES string of the molecule is C/C=C\C=C/[C@@H](C)C1=C2C=CC=C[C@@H]2N=C(n2c3c(c4ccccc42)C2CC2(c2ccc4c(c2)c2c(n4-c4ccccc4)CCCC=C2)C=C3)N1. The van der Waals surface area contributed by atoms with Crippen molar-refractivity contribution >= 4 is 39.9 Å². The fraction of sp³-hybridized carbons (Fsp3) is 0.213. The van der Waals surface area contributed by atoms with E-state index in [1.165, 1.54) is 73.3 Å². The number of allylic oxidation sites excluding steroid dienone is 8. The van der Waals surface area contributed by atoms with Gasteiger partial charge < -0.3 is 9.88 Å². The van der Waals surface area contributed by atoms with Gasteiger partial charge in [0.2, 0.25) is 5.96 Å². The van der Waals surface area contributed by atoms with Crippen molar-refractivity contribution in [3.63, 3.8) is 0 Å². The van der Waals surface area contributed by atoms with Crippen molar-refractivity contribution < 1.29 is 0 Å². The quantitative estimate of drug-likeness (QED) is 0.187. The zero-order valence-corrected chi connectivity index (χ0v) is 29.3. The van der Waals surface area contributed by atoms with Gasteiger partial charge in [-0.1, -0.05) is 116 Å². The molecule has 10 rings (SSSR count). The van der Waals surface area contributed by atoms with Crippen LogP contribution in [0.25, 0.3) is 39.6 Å². The second kappa shape index (κ2) is 11.7. The summed E-state index contributed by atoms with van der Waals surface area (Å²) in [5.41, 5.74) is 13.2. The first-order chi connectivity index (χ1) is 25.2. The summed E-state index contributed by atoms with van der Waals surface area (Å²) < 4.78 is 4.90. The van der Waals surface area contributed by atoms with Crippen LogP contribution in [0.1, 0.15) is 67.1 Å². The maximum Gasteiger partial charge on any atom is 0.208 e. The monoisotopic (exact) mass is 662 g/mol. The van der Waals surface area contributed by atoms with E-state index in [2.05, 4.69) is 174 Å². The molecule has 3 heterocycles. The molecule has 51 heavy (non-hydrogen) atoms. The molecule has 3 aromatic carbocycles. The maximum absolute atomic E-state index is 5.35. The average Bonchev–Trinajstić information content (AvgIpc) is 3.81. The van der Waals surface area contributed by atoms with E-state index in [1.807, 2.05) is 0 Å². The zero-order chi connectivity index (χ0) is 34.1. The summed E-state index contributed by atoms with van der Waals surface area (Å²) >= 11 is 0. The molecule has 1 saturated carbocycles. The molecule has 0 radical (unpaired) electrons. The Bertz CT molecular complexity index is 2490. The highest BCUT2D eigenvalue weighted by Crippen LogP contribution is 2.66. The number of aliphatic imine (C=N–C) groups is 1. The second-order valence-corrected chi connectivity index (χ2v) is 14.7. The number of nitrogens with one attached hydrogen (secondary N) is 1. The number of nitrogens with zero attached hydrogens (tertiary/aromatic N) is 3. The summed E-state index contributed by atoms with van der Waals surface area (Å²) in [5.74, 6) is 1.53. The van der Waals surface area contributed by atoms with E-state index in [0.29, 0.717) is 5.92 Å². The summed E-state index contributed by atoms with van der Waals surface area (Å²) in [6.45, 7) is 4.32. The van der Waals surface area contributed by atoms with E-state index in [1.54, 1.807) is 0 Å². The predicted octanol–water partition coefficient (Wildman–Crippen LogP) is 10.7. The molecule has 2 aromatic heterocycles. The third-order valence-corrected chi connectivity index (χ3v) is 11.8. The van der Waals surface area contributed by atoms with E-state index in [4.69, 9.17) is 4.99 Å². The normalized spacial score (nSPS) is 23.7. The van der Waals surface area contributed by atoms with Gasteiger partial charge in [0, 0.05) is 56.2 Å². The topological polar surface area (TPSA) is 34.2 Å². The minimum absolute atomic E-state index is 0.00460. The van der Waals surface area contributed by atoms with Crippen molar-refractivity contribution in [3.8, 4) is 5.69 Å². The molecule has 1 aliphatic heterocycles. The Morgan fingerprint density at radius 3 is 2.67 bits per heavy atom. The van der Waals surface area contributed by atoms with E-state index >= 15 is 0 Å². The van der Waals surface area contributed by atoms with Gasteiger partial charge in [-0.15, -0.1) is 0 Å². The maximum atomic E-state index is 5.35. The van der Waals surface area contributed by atoms with Gasteiger partial charge in [-0.05, 0) is 80.1 Å². The zero-order valence-electron chi connectivity index (χ0n) is 29.3. The number of para-hydroxylation sites is 2. The van der Waals surface area contributed by atoms with Crippen LogP contribution in [-0.2, 0) is 11.8 Å². The minimum Gasteiger partial charge on any atom is -0.328 e. The Kier molecular flexibility index (Phi) is 6.96. The second-order valence-electron chi connectivity index (χ2n) is 14.7. The molecule has 4 nitrogen and oxygen atoms in total. The van der Waals surface area contributed by atoms with Crippen LogP contribution in [0.3, 0.4) is 0 Å². The largest absolute Gasteiger partial charge is 0.328 e. The molecule has 4 atom stereocenters. The highest BCUT2D eigenvalue weighted by molar-refractivity contribution is 6.02. The van der Waals surface area contributed by atoms with Gasteiger partial charge in [0.25, 0.3) is 0 Å². The van der Waals surface area contributed by atoms with E-state index in [-0.39, 0.29) is 17.4 Å². The standard InChI is InChI=1S/C47H42N4/c1-3-4-7-16-31(2)45-35-20-12-14-22-39(35)48-46(49-45)51-41-24-15-13-21-36(41)44-38-30-47(38,28-27-43(44)51)32-25-26-42-37(29-32)34-19-10-6-11-23-40(34)50(42)33-17-8-5-9-18-33/h3-5,7-10,12-22,24-29,31,38-39H,6,11,23,30H2,1-2H3,(H,48,49)/b4-3-,16-7-/t31-,38?,39+,47?/m1/s1. The fourth-order valence-corrected chi connectivity index (χ4v) is 9.24. The molecule has 1 fully saturated rings. The van der Waals surface area contributed by atoms with Gasteiger partial charge in [-0.3, -0.25) is 4.57 Å². The van der Waals surface area contributed by atoms with Crippen molar-refractivity contribution in [1.29, 1.82) is 0 Å². The molecule has 0 saturated heterocycles. The third-order valence-electron chi connectivity index (χ3n) is 11.8. The van der Waals surface area contributed by atoms with Crippen LogP contribution in [-0.4, -0.2) is 21.1 Å². The Morgan fingerprint density at radius 2 is 1.76 bits per heavy atom. The third kappa shape index (κ3) is 4.62. The molecule has 4 heteroatoms. The predicted molar refractivity (Wildman–Crippen MR) is 213 cm³/mol. The van der Waals surface area contributed by atoms with Crippen molar-refractivity contribution in [2.24, 2.45) is 10.9 Å². The summed E-state index contributed by atoms with van der Waals surface area (Å²) in [6, 6.07) is 27.1. The number of aromatic nitrogens is 2. The number of hydrogen-bond donors (Lipinski definition) is 1. The lowest BCUT2D eigenvalue weighted by molar-refractivity contribution is 0.728. The average molecular weight is 663 g/mol. The van der Waals surface area contributed by atoms with Gasteiger partial charge in [0.05, 0.1) is 22.8 Å². The van der Waals surface area contributed by atoms with Gasteiger partial charge in [0.1, 0.15) is 0 Å². The molecule has 5 aliphatic rings. The minimum atomic E-state index is -0.0117. The highest BCUT2D eigenvalue weighted by Gasteiger charge is 2.57. The smallest absolute Gasteiger partial charge is 0.208 e. The summed E-state index contributed by atoms with van der Waals surface area (Å²) in [7, 11) is 0. The highest BCUT2D eigenvalue weighted by atomic mass is 15.2. The van der Waals surface area contributed by atoms with Gasteiger partial charge >= 0.3 is 0 Å². The summed E-state index contributed by atoms with van der Waals surface area (Å²) in [4.78, 5) is 5.35. The lowest BCUT2D eigenvalue weighted by atomic mass is 9.85. The van der Waals surface area contributed by atoms with Gasteiger partial charge in [-0.2, -0.15) is 0 Å². The van der Waals surface area contributed by atoms with Crippen LogP contribution in [0.5, 0.6) is 0 Å². The molecule has 1 N–H and O–H groups in total. The van der Waals surface area contributed by atoms with Crippen LogP contribution in [0.2, 0.25) is 0 Å². The number of hydrogen-bond acceptors (Lipinski definition) is 2. The first-order valence-electron chi connectivity index (χ1n) is 18.6. The Labute approximate surface area is 299 Å². The number of benzene rings is 3. The van der Waals surface area contributed by atoms with Crippen molar-refractivity contribution in [1.82, 2.24) is 14.5 Å². The van der Waals surface area contributed by atoms with Crippen LogP contribution in [0.15, 0.2) is 150 Å². The van der Waals surface area contributed by atoms with Crippen molar-refractivity contribution in [2.45, 2.75) is 56.9 Å². The molecule has 250 valence electrons. The first-order valence-corrected chi connectivity index (χ1v) is 18.6. The molecule has 0 spiro atoms. The van der Waals surface area contributed by atoms with Crippen LogP contribution in [0, 0.1) is 5.92 Å². The Morgan fingerprint density at radius 1 is 0.902 bits per heavy atom. The van der Waals surface area contributed by atoms with Crippen molar-refractivity contribution in [2.75, 3.05) is 0 Å². The Hall–Kier alpha value is -5.61.